The molecule has 41 heavy (non-hydrogen) atoms. The van der Waals surface area contributed by atoms with Crippen molar-refractivity contribution in [2.24, 2.45) is 11.3 Å². The van der Waals surface area contributed by atoms with Crippen LogP contribution in [0.3, 0.4) is 0 Å². The summed E-state index contributed by atoms with van der Waals surface area (Å²) >= 11 is 6.56. The molecule has 1 aliphatic rings. The van der Waals surface area contributed by atoms with Crippen LogP contribution in [0.1, 0.15) is 85.3 Å². The number of rotatable bonds is 14. The molecule has 0 aliphatic carbocycles. The summed E-state index contributed by atoms with van der Waals surface area (Å²) in [4.78, 5) is 2.48. The molecule has 1 atom stereocenters. The van der Waals surface area contributed by atoms with Gasteiger partial charge in [0.25, 0.3) is 0 Å². The quantitative estimate of drug-likeness (QED) is 0.209. The van der Waals surface area contributed by atoms with Gasteiger partial charge in [-0.15, -0.1) is 5.53 Å². The van der Waals surface area contributed by atoms with E-state index in [-0.39, 0.29) is 27.6 Å². The molecule has 0 aromatic heterocycles. The number of nitrogens with two attached hydrogens (primary N) is 1. The largest absolute Gasteiger partial charge is 0.372 e. The van der Waals surface area contributed by atoms with E-state index in [9.17, 15) is 8.42 Å². The van der Waals surface area contributed by atoms with Crippen molar-refractivity contribution in [2.45, 2.75) is 80.6 Å². The molecule has 3 rings (SSSR count). The van der Waals surface area contributed by atoms with E-state index >= 15 is 4.39 Å². The van der Waals surface area contributed by atoms with Gasteiger partial charge in [0.2, 0.25) is 10.0 Å². The minimum Gasteiger partial charge on any atom is -0.372 e. The summed E-state index contributed by atoms with van der Waals surface area (Å²) in [6.45, 7) is 17.4. The molecule has 0 saturated heterocycles. The van der Waals surface area contributed by atoms with Crippen LogP contribution in [0.4, 0.5) is 21.5 Å². The second-order valence-corrected chi connectivity index (χ2v) is 14.1. The Morgan fingerprint density at radius 2 is 1.83 bits per heavy atom. The number of nitrogens with zero attached hydrogens (tertiary/aromatic N) is 2. The molecule has 228 valence electrons. The van der Waals surface area contributed by atoms with Gasteiger partial charge in [0, 0.05) is 24.3 Å². The monoisotopic (exact) mass is 608 g/mol. The summed E-state index contributed by atoms with van der Waals surface area (Å²) in [6, 6.07) is 9.20. The molecule has 1 unspecified atom stereocenters. The fraction of sp³-hybridized carbons (Fsp3) is 0.548. The van der Waals surface area contributed by atoms with Crippen molar-refractivity contribution in [1.82, 2.24) is 5.43 Å². The molecule has 0 bridgehead atoms. The first-order valence-corrected chi connectivity index (χ1v) is 16.8. The molecule has 0 fully saturated rings. The van der Waals surface area contributed by atoms with Crippen LogP contribution in [-0.4, -0.2) is 27.3 Å². The maximum absolute atomic E-state index is 15.0. The highest BCUT2D eigenvalue weighted by Gasteiger charge is 2.27. The number of benzene rings is 2. The number of hydrogen-bond donors (Lipinski definition) is 3. The molecule has 0 spiro atoms. The molecule has 7 nitrogen and oxygen atoms in total. The van der Waals surface area contributed by atoms with Crippen molar-refractivity contribution >= 4 is 44.4 Å². The van der Waals surface area contributed by atoms with Crippen LogP contribution in [0.25, 0.3) is 5.70 Å². The molecule has 1 heterocycles. The maximum Gasteiger partial charge on any atom is 0.232 e. The van der Waals surface area contributed by atoms with E-state index in [0.29, 0.717) is 12.3 Å². The lowest BCUT2D eigenvalue weighted by atomic mass is 9.77. The van der Waals surface area contributed by atoms with Crippen molar-refractivity contribution in [3.05, 3.63) is 58.5 Å². The normalized spacial score (nSPS) is 14.6. The SMILES string of the molecule is CCCN(CCC(CC)C(C)(C)C)c1cc(CC)cc(C2=CN(c3c(F)ccc(NS(=O)(=O)CCC)c3Cl)[NH2+]N2)c1. The van der Waals surface area contributed by atoms with Gasteiger partial charge in [-0.3, -0.25) is 4.72 Å². The Bertz CT molecular complexity index is 1330. The van der Waals surface area contributed by atoms with Crippen LogP contribution in [0, 0.1) is 17.2 Å². The Balaban J connectivity index is 1.93. The summed E-state index contributed by atoms with van der Waals surface area (Å²) < 4.78 is 42.2. The van der Waals surface area contributed by atoms with Crippen molar-refractivity contribution in [3.8, 4) is 0 Å². The van der Waals surface area contributed by atoms with E-state index in [2.05, 4.69) is 74.8 Å². The van der Waals surface area contributed by atoms with Crippen LogP contribution in [0.5, 0.6) is 0 Å². The van der Waals surface area contributed by atoms with E-state index in [1.165, 1.54) is 23.4 Å². The molecule has 0 saturated carbocycles. The van der Waals surface area contributed by atoms with Crippen LogP contribution < -0.4 is 25.6 Å². The molecule has 10 heteroatoms. The van der Waals surface area contributed by atoms with E-state index in [0.717, 1.165) is 50.0 Å². The van der Waals surface area contributed by atoms with Gasteiger partial charge >= 0.3 is 0 Å². The van der Waals surface area contributed by atoms with E-state index < -0.39 is 15.8 Å². The van der Waals surface area contributed by atoms with Gasteiger partial charge in [0.15, 0.2) is 11.5 Å². The predicted molar refractivity (Wildman–Crippen MR) is 171 cm³/mol. The van der Waals surface area contributed by atoms with E-state index in [1.807, 2.05) is 0 Å². The van der Waals surface area contributed by atoms with Crippen LogP contribution >= 0.6 is 11.6 Å². The molecule has 2 aromatic rings. The van der Waals surface area contributed by atoms with Gasteiger partial charge in [-0.1, -0.05) is 66.5 Å². The third-order valence-corrected chi connectivity index (χ3v) is 9.57. The van der Waals surface area contributed by atoms with Crippen LogP contribution in [0.2, 0.25) is 5.02 Å². The zero-order valence-corrected chi connectivity index (χ0v) is 27.2. The Labute approximate surface area is 251 Å². The second-order valence-electron chi connectivity index (χ2n) is 11.9. The van der Waals surface area contributed by atoms with Crippen molar-refractivity contribution < 1.29 is 18.3 Å². The molecular formula is C31H48ClFN5O2S+. The molecule has 2 aromatic carbocycles. The molecule has 4 N–H and O–H groups in total. The lowest BCUT2D eigenvalue weighted by Crippen LogP contribution is -2.97. The first-order chi connectivity index (χ1) is 19.3. The number of aryl methyl sites for hydroxylation is 1. The molecule has 1 aliphatic heterocycles. The number of nitrogens with one attached hydrogen (secondary N) is 2. The summed E-state index contributed by atoms with van der Waals surface area (Å²) in [6.07, 6.45) is 6.49. The first-order valence-electron chi connectivity index (χ1n) is 14.8. The molecule has 0 amide bonds. The number of quaternary nitrogens is 1. The van der Waals surface area contributed by atoms with Crippen LogP contribution in [0.15, 0.2) is 36.5 Å². The number of halogens is 2. The fourth-order valence-electron chi connectivity index (χ4n) is 5.40. The third-order valence-electron chi connectivity index (χ3n) is 7.71. The maximum atomic E-state index is 15.0. The number of sulfonamides is 1. The van der Waals surface area contributed by atoms with Crippen LogP contribution in [-0.2, 0) is 16.4 Å². The van der Waals surface area contributed by atoms with Gasteiger partial charge in [-0.2, -0.15) is 5.01 Å². The average molecular weight is 609 g/mol. The summed E-state index contributed by atoms with van der Waals surface area (Å²) in [5, 5.41) is 1.57. The Hall–Kier alpha value is -2.49. The van der Waals surface area contributed by atoms with Gasteiger partial charge in [-0.05, 0) is 72.9 Å². The first kappa shape index (κ1) is 33.0. The minimum absolute atomic E-state index is 0.00155. The fourth-order valence-corrected chi connectivity index (χ4v) is 6.90. The Morgan fingerprint density at radius 1 is 1.10 bits per heavy atom. The highest BCUT2D eigenvalue weighted by Crippen LogP contribution is 2.36. The standard InChI is InChI=1S/C31H47ClFN5O2S/c1-8-15-37(16-14-24(11-4)31(5,6)7)25-19-22(10-3)18-23(20-25)28-21-38(36-34-28)30-26(33)12-13-27(29(30)32)35-41(39,40)17-9-2/h12-13,18-21,24,34-36H,8-11,14-17H2,1-7H3/p+1. The van der Waals surface area contributed by atoms with Gasteiger partial charge in [-0.25, -0.2) is 18.2 Å². The van der Waals surface area contributed by atoms with Gasteiger partial charge in [0.05, 0.1) is 22.7 Å². The average Bonchev–Trinajstić information content (AvgIpc) is 3.39. The lowest BCUT2D eigenvalue weighted by Gasteiger charge is -2.33. The lowest BCUT2D eigenvalue weighted by molar-refractivity contribution is -0.696. The van der Waals surface area contributed by atoms with Crippen molar-refractivity contribution in [2.75, 3.05) is 33.5 Å². The van der Waals surface area contributed by atoms with Crippen molar-refractivity contribution in [1.29, 1.82) is 0 Å². The highest BCUT2D eigenvalue weighted by atomic mass is 35.5. The van der Waals surface area contributed by atoms with E-state index in [4.69, 9.17) is 11.6 Å². The zero-order chi connectivity index (χ0) is 30.4. The van der Waals surface area contributed by atoms with E-state index in [1.54, 1.807) is 23.7 Å². The second kappa shape index (κ2) is 14.1. The summed E-state index contributed by atoms with van der Waals surface area (Å²) in [5.41, 5.74) is 9.63. The topological polar surface area (TPSA) is 81.3 Å². The third kappa shape index (κ3) is 8.52. The summed E-state index contributed by atoms with van der Waals surface area (Å²) in [7, 11) is -3.58. The van der Waals surface area contributed by atoms with Gasteiger partial charge in [0.1, 0.15) is 5.70 Å². The predicted octanol–water partition coefficient (Wildman–Crippen LogP) is 6.67. The number of hydrogen-bond acceptors (Lipinski definition) is 5. The minimum atomic E-state index is -3.58. The molecule has 0 radical (unpaired) electrons. The molecular weight excluding hydrogens is 561 g/mol. The smallest absolute Gasteiger partial charge is 0.232 e. The Morgan fingerprint density at radius 3 is 2.44 bits per heavy atom. The summed E-state index contributed by atoms with van der Waals surface area (Å²) in [5.74, 6) is 0.0446. The number of anilines is 3. The van der Waals surface area contributed by atoms with Gasteiger partial charge < -0.3 is 4.90 Å². The highest BCUT2D eigenvalue weighted by molar-refractivity contribution is 7.92. The Kier molecular flexibility index (Phi) is 11.4. The zero-order valence-electron chi connectivity index (χ0n) is 25.7. The van der Waals surface area contributed by atoms with Crippen molar-refractivity contribution in [3.63, 3.8) is 0 Å².